The summed E-state index contributed by atoms with van der Waals surface area (Å²) < 4.78 is 5.67. The van der Waals surface area contributed by atoms with Crippen molar-refractivity contribution in [2.75, 3.05) is 24.5 Å². The van der Waals surface area contributed by atoms with Crippen LogP contribution in [0, 0.1) is 0 Å². The predicted molar refractivity (Wildman–Crippen MR) is 117 cm³/mol. The standard InChI is InChI=1S/C24H21N3O5/c28-19-14-21(32-20-9-5-4-8-18(19)20)23(30)25-12-10-16(11-13-25)26-15-22(29)27(24(26)31)17-6-2-1-3-7-17/h1-9,14,16H,10-13,15H2. The predicted octanol–water partition coefficient (Wildman–Crippen LogP) is 2.87. The summed E-state index contributed by atoms with van der Waals surface area (Å²) in [6, 6.07) is 16.5. The molecule has 2 fully saturated rings. The zero-order valence-electron chi connectivity index (χ0n) is 17.3. The Morgan fingerprint density at radius 2 is 1.59 bits per heavy atom. The van der Waals surface area contributed by atoms with E-state index in [2.05, 4.69) is 0 Å². The van der Waals surface area contributed by atoms with Gasteiger partial charge in [0.1, 0.15) is 12.1 Å². The molecule has 2 aliphatic rings. The number of hydrogen-bond acceptors (Lipinski definition) is 5. The van der Waals surface area contributed by atoms with Gasteiger partial charge in [0.2, 0.25) is 0 Å². The van der Waals surface area contributed by atoms with E-state index in [1.807, 2.05) is 6.07 Å². The van der Waals surface area contributed by atoms with Crippen molar-refractivity contribution in [2.24, 2.45) is 0 Å². The number of imide groups is 1. The van der Waals surface area contributed by atoms with Crippen LogP contribution in [-0.2, 0) is 4.79 Å². The van der Waals surface area contributed by atoms with Crippen LogP contribution >= 0.6 is 0 Å². The fourth-order valence-electron chi connectivity index (χ4n) is 4.38. The van der Waals surface area contributed by atoms with Gasteiger partial charge in [-0.05, 0) is 37.1 Å². The summed E-state index contributed by atoms with van der Waals surface area (Å²) in [5.41, 5.74) is 0.677. The second-order valence-electron chi connectivity index (χ2n) is 7.97. The van der Waals surface area contributed by atoms with Gasteiger partial charge in [-0.15, -0.1) is 0 Å². The third kappa shape index (κ3) is 3.43. The van der Waals surface area contributed by atoms with Gasteiger partial charge < -0.3 is 14.2 Å². The number of likely N-dealkylation sites (tertiary alicyclic amines) is 1. The summed E-state index contributed by atoms with van der Waals surface area (Å²) in [6.07, 6.45) is 1.09. The first-order chi connectivity index (χ1) is 15.5. The van der Waals surface area contributed by atoms with E-state index in [1.165, 1.54) is 11.0 Å². The smallest absolute Gasteiger partial charge is 0.332 e. The lowest BCUT2D eigenvalue weighted by Crippen LogP contribution is -2.48. The minimum absolute atomic E-state index is 0.00910. The molecule has 5 rings (SSSR count). The number of amides is 4. The van der Waals surface area contributed by atoms with Gasteiger partial charge in [0.25, 0.3) is 11.8 Å². The summed E-state index contributed by atoms with van der Waals surface area (Å²) in [5.74, 6) is -0.589. The molecule has 0 bridgehead atoms. The average Bonchev–Trinajstić information content (AvgIpc) is 3.13. The summed E-state index contributed by atoms with van der Waals surface area (Å²) in [7, 11) is 0. The van der Waals surface area contributed by atoms with Crippen LogP contribution in [0.5, 0.6) is 0 Å². The minimum atomic E-state index is -0.346. The molecule has 0 spiro atoms. The van der Waals surface area contributed by atoms with Crippen LogP contribution in [0.15, 0.2) is 69.9 Å². The lowest BCUT2D eigenvalue weighted by molar-refractivity contribution is -0.116. The van der Waals surface area contributed by atoms with Crippen LogP contribution in [0.2, 0.25) is 0 Å². The summed E-state index contributed by atoms with van der Waals surface area (Å²) in [5, 5.41) is 0.433. The SMILES string of the molecule is O=C(c1cc(=O)c2ccccc2o1)N1CCC(N2CC(=O)N(c3ccccc3)C2=O)CC1. The average molecular weight is 431 g/mol. The molecular formula is C24H21N3O5. The van der Waals surface area contributed by atoms with E-state index in [4.69, 9.17) is 4.42 Å². The number of carbonyl (C=O) groups is 3. The van der Waals surface area contributed by atoms with Crippen LogP contribution in [0.4, 0.5) is 10.5 Å². The molecule has 1 aromatic heterocycles. The lowest BCUT2D eigenvalue weighted by atomic mass is 10.0. The van der Waals surface area contributed by atoms with Crippen molar-refractivity contribution < 1.29 is 18.8 Å². The van der Waals surface area contributed by atoms with Crippen molar-refractivity contribution in [3.05, 3.63) is 76.6 Å². The number of fused-ring (bicyclic) bond motifs is 1. The van der Waals surface area contributed by atoms with Gasteiger partial charge in [0.15, 0.2) is 11.2 Å². The second-order valence-corrected chi connectivity index (χ2v) is 7.97. The highest BCUT2D eigenvalue weighted by Gasteiger charge is 2.42. The number of hydrogen-bond donors (Lipinski definition) is 0. The molecular weight excluding hydrogens is 410 g/mol. The normalized spacial score (nSPS) is 17.4. The van der Waals surface area contributed by atoms with E-state index in [0.717, 1.165) is 0 Å². The maximum atomic E-state index is 12.9. The van der Waals surface area contributed by atoms with Crippen molar-refractivity contribution in [1.29, 1.82) is 0 Å². The molecule has 3 heterocycles. The highest BCUT2D eigenvalue weighted by atomic mass is 16.3. The topological polar surface area (TPSA) is 91.1 Å². The van der Waals surface area contributed by atoms with Crippen molar-refractivity contribution in [3.8, 4) is 0 Å². The highest BCUT2D eigenvalue weighted by Crippen LogP contribution is 2.27. The first kappa shape index (κ1) is 20.0. The molecule has 2 aliphatic heterocycles. The van der Waals surface area contributed by atoms with E-state index < -0.39 is 0 Å². The van der Waals surface area contributed by atoms with Crippen molar-refractivity contribution in [3.63, 3.8) is 0 Å². The molecule has 0 saturated carbocycles. The minimum Gasteiger partial charge on any atom is -0.451 e. The molecule has 32 heavy (non-hydrogen) atoms. The number of piperidine rings is 1. The van der Waals surface area contributed by atoms with Gasteiger partial charge in [-0.1, -0.05) is 30.3 Å². The van der Waals surface area contributed by atoms with Crippen LogP contribution in [-0.4, -0.2) is 53.3 Å². The quantitative estimate of drug-likeness (QED) is 0.595. The molecule has 8 nitrogen and oxygen atoms in total. The number of anilines is 1. The Bertz CT molecular complexity index is 1260. The van der Waals surface area contributed by atoms with Crippen LogP contribution in [0.25, 0.3) is 11.0 Å². The molecule has 162 valence electrons. The number of urea groups is 1. The Balaban J connectivity index is 1.27. The first-order valence-corrected chi connectivity index (χ1v) is 10.5. The Labute approximate surface area is 183 Å². The molecule has 2 aromatic carbocycles. The van der Waals surface area contributed by atoms with Crippen LogP contribution in [0.1, 0.15) is 23.4 Å². The van der Waals surface area contributed by atoms with E-state index >= 15 is 0 Å². The molecule has 3 aromatic rings. The molecule has 0 unspecified atom stereocenters. The second kappa shape index (κ2) is 7.96. The van der Waals surface area contributed by atoms with E-state index in [9.17, 15) is 19.2 Å². The van der Waals surface area contributed by atoms with E-state index in [1.54, 1.807) is 58.3 Å². The number of rotatable bonds is 3. The maximum Gasteiger partial charge on any atom is 0.332 e. The molecule has 0 N–H and O–H groups in total. The van der Waals surface area contributed by atoms with Crippen LogP contribution < -0.4 is 10.3 Å². The van der Waals surface area contributed by atoms with Gasteiger partial charge in [-0.2, -0.15) is 0 Å². The van der Waals surface area contributed by atoms with E-state index in [-0.39, 0.29) is 41.6 Å². The summed E-state index contributed by atoms with van der Waals surface area (Å²) in [6.45, 7) is 0.846. The highest BCUT2D eigenvalue weighted by molar-refractivity contribution is 6.19. The molecule has 0 radical (unpaired) electrons. The monoisotopic (exact) mass is 431 g/mol. The third-order valence-corrected chi connectivity index (χ3v) is 6.04. The maximum absolute atomic E-state index is 12.9. The number of para-hydroxylation sites is 2. The molecule has 0 atom stereocenters. The number of nitrogens with zero attached hydrogens (tertiary/aromatic N) is 3. The fourth-order valence-corrected chi connectivity index (χ4v) is 4.38. The number of benzene rings is 2. The summed E-state index contributed by atoms with van der Waals surface area (Å²) >= 11 is 0. The third-order valence-electron chi connectivity index (χ3n) is 6.04. The van der Waals surface area contributed by atoms with Crippen LogP contribution in [0.3, 0.4) is 0 Å². The van der Waals surface area contributed by atoms with Crippen molar-refractivity contribution in [1.82, 2.24) is 9.80 Å². The van der Waals surface area contributed by atoms with Crippen molar-refractivity contribution in [2.45, 2.75) is 18.9 Å². The Hall–Kier alpha value is -3.94. The van der Waals surface area contributed by atoms with Gasteiger partial charge in [-0.3, -0.25) is 14.4 Å². The molecule has 0 aliphatic carbocycles. The summed E-state index contributed by atoms with van der Waals surface area (Å²) in [4.78, 5) is 55.1. The largest absolute Gasteiger partial charge is 0.451 e. The van der Waals surface area contributed by atoms with Gasteiger partial charge in [0.05, 0.1) is 11.1 Å². The van der Waals surface area contributed by atoms with Gasteiger partial charge in [0, 0.05) is 25.2 Å². The Morgan fingerprint density at radius 1 is 0.906 bits per heavy atom. The van der Waals surface area contributed by atoms with Gasteiger partial charge in [-0.25, -0.2) is 9.69 Å². The molecule has 8 heteroatoms. The first-order valence-electron chi connectivity index (χ1n) is 10.5. The fraction of sp³-hybridized carbons (Fsp3) is 0.250. The van der Waals surface area contributed by atoms with Gasteiger partial charge >= 0.3 is 6.03 Å². The van der Waals surface area contributed by atoms with Crippen molar-refractivity contribution >= 4 is 34.5 Å². The van der Waals surface area contributed by atoms with E-state index in [0.29, 0.717) is 42.6 Å². The Kier molecular flexibility index (Phi) is 4.97. The molecule has 2 saturated heterocycles. The number of carbonyl (C=O) groups excluding carboxylic acids is 3. The molecule has 4 amide bonds. The zero-order chi connectivity index (χ0) is 22.2. The zero-order valence-corrected chi connectivity index (χ0v) is 17.3. The Morgan fingerprint density at radius 3 is 2.34 bits per heavy atom. The lowest BCUT2D eigenvalue weighted by Gasteiger charge is -2.35.